The topological polar surface area (TPSA) is 138 Å². The molecule has 3 N–H and O–H groups in total. The molecule has 1 aliphatic rings. The molecule has 0 spiro atoms. The summed E-state index contributed by atoms with van der Waals surface area (Å²) < 4.78 is 60.2. The van der Waals surface area contributed by atoms with Crippen LogP contribution in [0.1, 0.15) is 35.4 Å². The van der Waals surface area contributed by atoms with Gasteiger partial charge in [-0.05, 0) is 30.9 Å². The van der Waals surface area contributed by atoms with Crippen LogP contribution in [0.5, 0.6) is 0 Å². The first kappa shape index (κ1) is 27.6. The summed E-state index contributed by atoms with van der Waals surface area (Å²) in [6.45, 7) is 1.07. The molecule has 1 aromatic heterocycles. The van der Waals surface area contributed by atoms with Crippen LogP contribution in [0, 0.1) is 5.92 Å². The van der Waals surface area contributed by atoms with Crippen LogP contribution in [0.4, 0.5) is 22.0 Å². The fraction of sp³-hybridized carbons (Fsp3) is 0.450. The minimum Gasteiger partial charge on any atom is -0.480 e. The Morgan fingerprint density at radius 2 is 1.77 bits per heavy atom. The minimum absolute atomic E-state index is 0.0521. The number of amides is 1. The monoisotopic (exact) mass is 507 g/mol. The standard InChI is InChI=1S/C18H21F2N5O3.C2HF3O2/c19-17(20)16-15(22-23-25(16)13-6-2-1-3-7-13)18(28)24-8-4-5-12(11-24)9-21-10-14(26)27;3-2(4,5)1(6)7/h1-3,6-7,12,17,21H,4-5,8-11H2,(H,26,27);(H,6,7). The highest BCUT2D eigenvalue weighted by Gasteiger charge is 2.38. The molecule has 0 radical (unpaired) electrons. The summed E-state index contributed by atoms with van der Waals surface area (Å²) in [5.41, 5.74) is -0.473. The van der Waals surface area contributed by atoms with Gasteiger partial charge in [-0.25, -0.2) is 18.3 Å². The second-order valence-electron chi connectivity index (χ2n) is 7.46. The van der Waals surface area contributed by atoms with E-state index in [4.69, 9.17) is 15.0 Å². The summed E-state index contributed by atoms with van der Waals surface area (Å²) in [6.07, 6.45) is -6.46. The van der Waals surface area contributed by atoms with E-state index in [0.29, 0.717) is 31.7 Å². The maximum atomic E-state index is 13.7. The van der Waals surface area contributed by atoms with Gasteiger partial charge in [0.1, 0.15) is 5.69 Å². The smallest absolute Gasteiger partial charge is 0.480 e. The lowest BCUT2D eigenvalue weighted by Crippen LogP contribution is -2.43. The van der Waals surface area contributed by atoms with Crippen LogP contribution in [0.2, 0.25) is 0 Å². The van der Waals surface area contributed by atoms with Crippen LogP contribution in [0.25, 0.3) is 5.69 Å². The van der Waals surface area contributed by atoms with Crippen LogP contribution in [0.3, 0.4) is 0 Å². The zero-order valence-electron chi connectivity index (χ0n) is 18.1. The fourth-order valence-electron chi connectivity index (χ4n) is 3.35. The van der Waals surface area contributed by atoms with E-state index in [1.165, 1.54) is 4.90 Å². The van der Waals surface area contributed by atoms with Crippen molar-refractivity contribution in [3.05, 3.63) is 41.7 Å². The van der Waals surface area contributed by atoms with Crippen LogP contribution >= 0.6 is 0 Å². The maximum Gasteiger partial charge on any atom is 0.490 e. The van der Waals surface area contributed by atoms with E-state index in [9.17, 15) is 31.5 Å². The second kappa shape index (κ2) is 12.2. The van der Waals surface area contributed by atoms with Gasteiger partial charge in [0.05, 0.1) is 12.2 Å². The van der Waals surface area contributed by atoms with Gasteiger partial charge in [-0.2, -0.15) is 13.2 Å². The highest BCUT2D eigenvalue weighted by atomic mass is 19.4. The molecular weight excluding hydrogens is 485 g/mol. The number of nitrogens with one attached hydrogen (secondary N) is 1. The Bertz CT molecular complexity index is 1020. The molecule has 1 aromatic carbocycles. The normalized spacial score (nSPS) is 15.9. The van der Waals surface area contributed by atoms with Crippen molar-refractivity contribution in [2.24, 2.45) is 5.92 Å². The van der Waals surface area contributed by atoms with E-state index < -0.39 is 36.1 Å². The van der Waals surface area contributed by atoms with E-state index in [0.717, 1.165) is 11.1 Å². The SMILES string of the molecule is O=C(O)C(F)(F)F.O=C(O)CNCC1CCCN(C(=O)c2nnn(-c3ccccc3)c2C(F)F)C1. The number of benzene rings is 1. The molecule has 2 heterocycles. The number of carbonyl (C=O) groups excluding carboxylic acids is 1. The van der Waals surface area contributed by atoms with Crippen molar-refractivity contribution in [3.8, 4) is 5.69 Å². The van der Waals surface area contributed by atoms with E-state index in [2.05, 4.69) is 15.6 Å². The summed E-state index contributed by atoms with van der Waals surface area (Å²) >= 11 is 0. The predicted molar refractivity (Wildman–Crippen MR) is 109 cm³/mol. The van der Waals surface area contributed by atoms with Crippen molar-refractivity contribution in [2.45, 2.75) is 25.4 Å². The van der Waals surface area contributed by atoms with E-state index >= 15 is 0 Å². The zero-order chi connectivity index (χ0) is 26.2. The molecule has 35 heavy (non-hydrogen) atoms. The van der Waals surface area contributed by atoms with Gasteiger partial charge in [0, 0.05) is 19.6 Å². The molecule has 0 saturated carbocycles. The number of carbonyl (C=O) groups is 3. The Morgan fingerprint density at radius 1 is 1.14 bits per heavy atom. The quantitative estimate of drug-likeness (QED) is 0.486. The average Bonchev–Trinajstić information content (AvgIpc) is 3.24. The number of carboxylic acids is 2. The van der Waals surface area contributed by atoms with Gasteiger partial charge in [-0.15, -0.1) is 5.10 Å². The second-order valence-corrected chi connectivity index (χ2v) is 7.46. The van der Waals surface area contributed by atoms with E-state index in [-0.39, 0.29) is 18.2 Å². The van der Waals surface area contributed by atoms with Gasteiger partial charge in [-0.1, -0.05) is 23.4 Å². The van der Waals surface area contributed by atoms with Gasteiger partial charge < -0.3 is 20.4 Å². The number of carboxylic acid groups (broad SMARTS) is 2. The lowest BCUT2D eigenvalue weighted by molar-refractivity contribution is -0.192. The molecule has 0 bridgehead atoms. The van der Waals surface area contributed by atoms with E-state index in [1.807, 2.05) is 0 Å². The molecule has 1 amide bonds. The van der Waals surface area contributed by atoms with Crippen LogP contribution < -0.4 is 5.32 Å². The molecule has 2 aromatic rings. The molecular formula is C20H22F5N5O5. The number of likely N-dealkylation sites (tertiary alicyclic amines) is 1. The number of alkyl halides is 5. The fourth-order valence-corrected chi connectivity index (χ4v) is 3.35. The molecule has 192 valence electrons. The van der Waals surface area contributed by atoms with Crippen molar-refractivity contribution < 1.29 is 46.5 Å². The number of aliphatic carboxylic acids is 2. The van der Waals surface area contributed by atoms with Crippen LogP contribution in [0.15, 0.2) is 30.3 Å². The Labute approximate surface area is 195 Å². The number of hydrogen-bond donors (Lipinski definition) is 3. The van der Waals surface area contributed by atoms with Gasteiger partial charge in [-0.3, -0.25) is 9.59 Å². The zero-order valence-corrected chi connectivity index (χ0v) is 18.1. The molecule has 1 saturated heterocycles. The van der Waals surface area contributed by atoms with Gasteiger partial charge in [0.25, 0.3) is 12.3 Å². The summed E-state index contributed by atoms with van der Waals surface area (Å²) in [6, 6.07) is 8.35. The third-order valence-electron chi connectivity index (χ3n) is 4.87. The average molecular weight is 507 g/mol. The van der Waals surface area contributed by atoms with E-state index in [1.54, 1.807) is 30.3 Å². The first-order chi connectivity index (χ1) is 16.4. The Morgan fingerprint density at radius 3 is 2.31 bits per heavy atom. The molecule has 1 fully saturated rings. The lowest BCUT2D eigenvalue weighted by atomic mass is 9.97. The van der Waals surface area contributed by atoms with Gasteiger partial charge in [0.2, 0.25) is 0 Å². The third-order valence-corrected chi connectivity index (χ3v) is 4.87. The largest absolute Gasteiger partial charge is 0.490 e. The number of rotatable bonds is 7. The number of aromatic nitrogens is 3. The maximum absolute atomic E-state index is 13.7. The Balaban J connectivity index is 0.000000540. The van der Waals surface area contributed by atoms with Crippen LogP contribution in [-0.2, 0) is 9.59 Å². The first-order valence-electron chi connectivity index (χ1n) is 10.2. The molecule has 3 rings (SSSR count). The Kier molecular flexibility index (Phi) is 9.62. The summed E-state index contributed by atoms with van der Waals surface area (Å²) in [5.74, 6) is -4.24. The van der Waals surface area contributed by atoms with Crippen molar-refractivity contribution in [1.29, 1.82) is 0 Å². The summed E-state index contributed by atoms with van der Waals surface area (Å²) in [4.78, 5) is 33.8. The molecule has 1 atom stereocenters. The number of nitrogens with zero attached hydrogens (tertiary/aromatic N) is 4. The summed E-state index contributed by atoms with van der Waals surface area (Å²) in [5, 5.41) is 26.2. The molecule has 15 heteroatoms. The van der Waals surface area contributed by atoms with Crippen molar-refractivity contribution in [2.75, 3.05) is 26.2 Å². The molecule has 10 nitrogen and oxygen atoms in total. The van der Waals surface area contributed by atoms with Gasteiger partial charge >= 0.3 is 18.1 Å². The van der Waals surface area contributed by atoms with Crippen molar-refractivity contribution >= 4 is 17.8 Å². The third kappa shape index (κ3) is 7.98. The number of para-hydroxylation sites is 1. The Hall–Kier alpha value is -3.62. The number of piperidine rings is 1. The van der Waals surface area contributed by atoms with Crippen LogP contribution in [-0.4, -0.2) is 80.3 Å². The molecule has 1 aliphatic heterocycles. The first-order valence-corrected chi connectivity index (χ1v) is 10.2. The summed E-state index contributed by atoms with van der Waals surface area (Å²) in [7, 11) is 0. The lowest BCUT2D eigenvalue weighted by Gasteiger charge is -2.32. The highest BCUT2D eigenvalue weighted by molar-refractivity contribution is 5.93. The highest BCUT2D eigenvalue weighted by Crippen LogP contribution is 2.26. The minimum atomic E-state index is -5.08. The van der Waals surface area contributed by atoms with Crippen molar-refractivity contribution in [3.63, 3.8) is 0 Å². The molecule has 1 unspecified atom stereocenters. The number of halogens is 5. The molecule has 0 aliphatic carbocycles. The predicted octanol–water partition coefficient (Wildman–Crippen LogP) is 2.36. The number of hydrogen-bond acceptors (Lipinski definition) is 6. The van der Waals surface area contributed by atoms with Crippen molar-refractivity contribution in [1.82, 2.24) is 25.2 Å². The van der Waals surface area contributed by atoms with Gasteiger partial charge in [0.15, 0.2) is 5.69 Å².